The lowest BCUT2D eigenvalue weighted by atomic mass is 9.93. The van der Waals surface area contributed by atoms with Gasteiger partial charge in [-0.2, -0.15) is 0 Å². The molecular formula is C22H32Cl2N2O3. The molecular weight excluding hydrogens is 411 g/mol. The predicted octanol–water partition coefficient (Wildman–Crippen LogP) is 4.29. The Morgan fingerprint density at radius 1 is 1.28 bits per heavy atom. The molecule has 2 atom stereocenters. The van der Waals surface area contributed by atoms with Crippen LogP contribution in [0, 0.1) is 5.92 Å². The molecule has 0 spiro atoms. The first-order chi connectivity index (χ1) is 13.7. The maximum Gasteiger partial charge on any atom is 0.324 e. The summed E-state index contributed by atoms with van der Waals surface area (Å²) in [6.45, 7) is 9.50. The highest BCUT2D eigenvalue weighted by atomic mass is 35.5. The molecule has 3 rings (SSSR count). The molecule has 2 aliphatic rings. The number of benzene rings is 1. The van der Waals surface area contributed by atoms with Gasteiger partial charge in [0.1, 0.15) is 11.6 Å². The van der Waals surface area contributed by atoms with Gasteiger partial charge >= 0.3 is 5.97 Å². The Morgan fingerprint density at radius 2 is 2.00 bits per heavy atom. The second-order valence-electron chi connectivity index (χ2n) is 8.98. The lowest BCUT2D eigenvalue weighted by Crippen LogP contribution is -2.54. The van der Waals surface area contributed by atoms with Gasteiger partial charge in [-0.3, -0.25) is 9.69 Å². The van der Waals surface area contributed by atoms with Crippen LogP contribution in [0.2, 0.25) is 10.0 Å². The second-order valence-corrected chi connectivity index (χ2v) is 9.83. The van der Waals surface area contributed by atoms with Gasteiger partial charge in [0.25, 0.3) is 0 Å². The molecule has 0 bridgehead atoms. The molecule has 0 aliphatic carbocycles. The first-order valence-corrected chi connectivity index (χ1v) is 11.2. The van der Waals surface area contributed by atoms with Crippen molar-refractivity contribution in [1.82, 2.24) is 10.2 Å². The molecule has 29 heavy (non-hydrogen) atoms. The SMILES string of the molecule is CC(C)(C)OC(=O)C([C@@H]1CCNC1)N(Cc1ccc(Cl)cc1Cl)C1CCOCC1. The quantitative estimate of drug-likeness (QED) is 0.665. The molecule has 0 saturated carbocycles. The van der Waals surface area contributed by atoms with E-state index < -0.39 is 5.60 Å². The maximum atomic E-state index is 13.4. The number of nitrogens with one attached hydrogen (secondary N) is 1. The summed E-state index contributed by atoms with van der Waals surface area (Å²) in [5.41, 5.74) is 0.447. The van der Waals surface area contributed by atoms with Crippen molar-refractivity contribution in [3.8, 4) is 0 Å². The second kappa shape index (κ2) is 9.97. The fraction of sp³-hybridized carbons (Fsp3) is 0.682. The van der Waals surface area contributed by atoms with E-state index in [0.29, 0.717) is 29.8 Å². The standard InChI is InChI=1S/C22H32Cl2N2O3/c1-22(2,3)29-21(27)20(15-6-9-25-13-15)26(18-7-10-28-11-8-18)14-16-4-5-17(23)12-19(16)24/h4-5,12,15,18,20,25H,6-11,13-14H2,1-3H3/t15-,20?/m1/s1. The Morgan fingerprint density at radius 3 is 2.59 bits per heavy atom. The first kappa shape index (κ1) is 22.8. The average Bonchev–Trinajstić information content (AvgIpc) is 3.16. The number of carbonyl (C=O) groups excluding carboxylic acids is 1. The minimum atomic E-state index is -0.527. The Bertz CT molecular complexity index is 696. The van der Waals surface area contributed by atoms with E-state index in [4.69, 9.17) is 32.7 Å². The molecule has 1 aromatic rings. The monoisotopic (exact) mass is 442 g/mol. The van der Waals surface area contributed by atoms with Gasteiger partial charge in [0.15, 0.2) is 0 Å². The summed E-state index contributed by atoms with van der Waals surface area (Å²) >= 11 is 12.6. The van der Waals surface area contributed by atoms with E-state index in [9.17, 15) is 4.79 Å². The number of ether oxygens (including phenoxy) is 2. The fourth-order valence-corrected chi connectivity index (χ4v) is 4.69. The van der Waals surface area contributed by atoms with E-state index in [1.807, 2.05) is 32.9 Å². The van der Waals surface area contributed by atoms with Crippen LogP contribution in [0.1, 0.15) is 45.6 Å². The summed E-state index contributed by atoms with van der Waals surface area (Å²) in [7, 11) is 0. The highest BCUT2D eigenvalue weighted by molar-refractivity contribution is 6.35. The van der Waals surface area contributed by atoms with Crippen molar-refractivity contribution in [1.29, 1.82) is 0 Å². The number of carbonyl (C=O) groups is 1. The van der Waals surface area contributed by atoms with Crippen LogP contribution >= 0.6 is 23.2 Å². The van der Waals surface area contributed by atoms with Crippen LogP contribution in [-0.2, 0) is 20.8 Å². The highest BCUT2D eigenvalue weighted by Gasteiger charge is 2.41. The molecule has 1 N–H and O–H groups in total. The molecule has 1 aromatic carbocycles. The molecule has 1 unspecified atom stereocenters. The van der Waals surface area contributed by atoms with Gasteiger partial charge in [-0.25, -0.2) is 0 Å². The van der Waals surface area contributed by atoms with Crippen molar-refractivity contribution in [2.75, 3.05) is 26.3 Å². The zero-order chi connectivity index (χ0) is 21.0. The van der Waals surface area contributed by atoms with Gasteiger partial charge in [0, 0.05) is 42.4 Å². The van der Waals surface area contributed by atoms with E-state index in [1.165, 1.54) is 0 Å². The van der Waals surface area contributed by atoms with Crippen LogP contribution in [0.5, 0.6) is 0 Å². The summed E-state index contributed by atoms with van der Waals surface area (Å²) in [6, 6.07) is 5.49. The number of hydrogen-bond donors (Lipinski definition) is 1. The summed E-state index contributed by atoms with van der Waals surface area (Å²) in [4.78, 5) is 15.7. The topological polar surface area (TPSA) is 50.8 Å². The number of esters is 1. The van der Waals surface area contributed by atoms with E-state index in [-0.39, 0.29) is 24.0 Å². The van der Waals surface area contributed by atoms with Crippen molar-refractivity contribution in [3.05, 3.63) is 33.8 Å². The smallest absolute Gasteiger partial charge is 0.324 e. The maximum absolute atomic E-state index is 13.4. The fourth-order valence-electron chi connectivity index (χ4n) is 4.23. The van der Waals surface area contributed by atoms with Crippen LogP contribution in [0.25, 0.3) is 0 Å². The molecule has 0 amide bonds. The lowest BCUT2D eigenvalue weighted by molar-refractivity contribution is -0.166. The molecule has 2 heterocycles. The Kier molecular flexibility index (Phi) is 7.85. The number of nitrogens with zero attached hydrogens (tertiary/aromatic N) is 1. The number of rotatable bonds is 6. The van der Waals surface area contributed by atoms with Crippen LogP contribution in [0.4, 0.5) is 0 Å². The predicted molar refractivity (Wildman–Crippen MR) is 116 cm³/mol. The third kappa shape index (κ3) is 6.31. The van der Waals surface area contributed by atoms with E-state index in [1.54, 1.807) is 6.07 Å². The van der Waals surface area contributed by atoms with Gasteiger partial charge in [-0.05, 0) is 70.2 Å². The van der Waals surface area contributed by atoms with Gasteiger partial charge in [-0.1, -0.05) is 29.3 Å². The Balaban J connectivity index is 1.93. The van der Waals surface area contributed by atoms with Crippen LogP contribution < -0.4 is 5.32 Å². The Hall–Kier alpha value is -0.850. The normalized spacial score (nSPS) is 22.1. The minimum absolute atomic E-state index is 0.150. The zero-order valence-electron chi connectivity index (χ0n) is 17.5. The van der Waals surface area contributed by atoms with Crippen molar-refractivity contribution < 1.29 is 14.3 Å². The summed E-state index contributed by atoms with van der Waals surface area (Å²) in [6.07, 6.45) is 2.74. The molecule has 7 heteroatoms. The third-order valence-corrected chi connectivity index (χ3v) is 6.17. The van der Waals surface area contributed by atoms with Gasteiger partial charge in [0.2, 0.25) is 0 Å². The third-order valence-electron chi connectivity index (χ3n) is 5.58. The van der Waals surface area contributed by atoms with Gasteiger partial charge in [0.05, 0.1) is 0 Å². The van der Waals surface area contributed by atoms with E-state index in [2.05, 4.69) is 10.2 Å². The summed E-state index contributed by atoms with van der Waals surface area (Å²) in [5.74, 6) is 0.0570. The van der Waals surface area contributed by atoms with Crippen molar-refractivity contribution in [2.24, 2.45) is 5.92 Å². The van der Waals surface area contributed by atoms with E-state index >= 15 is 0 Å². The summed E-state index contributed by atoms with van der Waals surface area (Å²) < 4.78 is 11.5. The van der Waals surface area contributed by atoms with Crippen LogP contribution in [-0.4, -0.2) is 54.9 Å². The molecule has 5 nitrogen and oxygen atoms in total. The molecule has 2 fully saturated rings. The van der Waals surface area contributed by atoms with Crippen molar-refractivity contribution in [2.45, 2.75) is 64.3 Å². The minimum Gasteiger partial charge on any atom is -0.459 e. The van der Waals surface area contributed by atoms with Crippen LogP contribution in [0.3, 0.4) is 0 Å². The summed E-state index contributed by atoms with van der Waals surface area (Å²) in [5, 5.41) is 4.65. The Labute approximate surface area is 184 Å². The molecule has 162 valence electrons. The van der Waals surface area contributed by atoms with Gasteiger partial charge < -0.3 is 14.8 Å². The van der Waals surface area contributed by atoms with E-state index in [0.717, 1.165) is 37.9 Å². The van der Waals surface area contributed by atoms with Gasteiger partial charge in [-0.15, -0.1) is 0 Å². The average molecular weight is 443 g/mol. The number of halogens is 2. The van der Waals surface area contributed by atoms with Crippen LogP contribution in [0.15, 0.2) is 18.2 Å². The highest BCUT2D eigenvalue weighted by Crippen LogP contribution is 2.31. The lowest BCUT2D eigenvalue weighted by Gasteiger charge is -2.42. The molecule has 2 saturated heterocycles. The van der Waals surface area contributed by atoms with Crippen molar-refractivity contribution >= 4 is 29.2 Å². The molecule has 0 aromatic heterocycles. The first-order valence-electron chi connectivity index (χ1n) is 10.5. The largest absolute Gasteiger partial charge is 0.459 e. The van der Waals surface area contributed by atoms with Crippen molar-refractivity contribution in [3.63, 3.8) is 0 Å². The number of hydrogen-bond acceptors (Lipinski definition) is 5. The molecule has 2 aliphatic heterocycles. The zero-order valence-corrected chi connectivity index (χ0v) is 19.1. The molecule has 0 radical (unpaired) electrons.